The molecule has 1 unspecified atom stereocenters. The van der Waals surface area contributed by atoms with Gasteiger partial charge in [0.25, 0.3) is 0 Å². The van der Waals surface area contributed by atoms with Gasteiger partial charge in [0.15, 0.2) is 0 Å². The summed E-state index contributed by atoms with van der Waals surface area (Å²) in [4.78, 5) is 0. The first-order valence-electron chi connectivity index (χ1n) is 8.95. The molecule has 2 aliphatic rings. The smallest absolute Gasteiger partial charge is 0.147 e. The zero-order valence-electron chi connectivity index (χ0n) is 15.6. The van der Waals surface area contributed by atoms with Crippen molar-refractivity contribution >= 4 is 36.8 Å². The van der Waals surface area contributed by atoms with Crippen LogP contribution in [0.2, 0.25) is 0 Å². The van der Waals surface area contributed by atoms with Crippen LogP contribution in [0.4, 0.5) is 0 Å². The van der Waals surface area contributed by atoms with E-state index in [2.05, 4.69) is 96.7 Å². The molecule has 0 bridgehead atoms. The van der Waals surface area contributed by atoms with E-state index in [9.17, 15) is 0 Å². The molecule has 0 aliphatic heterocycles. The van der Waals surface area contributed by atoms with Gasteiger partial charge in [0.05, 0.1) is 0 Å². The van der Waals surface area contributed by atoms with Gasteiger partial charge in [0.2, 0.25) is 0 Å². The number of benzene rings is 1. The van der Waals surface area contributed by atoms with Crippen molar-refractivity contribution in [1.82, 2.24) is 4.57 Å². The molecular weight excluding hydrogens is 425 g/mol. The fourth-order valence-electron chi connectivity index (χ4n) is 3.66. The van der Waals surface area contributed by atoms with Gasteiger partial charge in [-0.1, -0.05) is 0 Å². The van der Waals surface area contributed by atoms with E-state index in [0.717, 1.165) is 25.9 Å². The van der Waals surface area contributed by atoms with Crippen molar-refractivity contribution in [1.29, 1.82) is 0 Å². The zero-order chi connectivity index (χ0) is 17.5. The summed E-state index contributed by atoms with van der Waals surface area (Å²) in [6.45, 7) is 8.63. The fourth-order valence-corrected chi connectivity index (χ4v) is 19.6. The summed E-state index contributed by atoms with van der Waals surface area (Å²) >= 11 is -1.59. The van der Waals surface area contributed by atoms with Gasteiger partial charge >= 0.3 is 159 Å². The Morgan fingerprint density at radius 2 is 1.41 bits per heavy atom. The molecule has 2 aliphatic carbocycles. The van der Waals surface area contributed by atoms with Crippen LogP contribution in [0, 0.1) is 0 Å². The van der Waals surface area contributed by atoms with E-state index in [1.165, 1.54) is 0 Å². The Balaban J connectivity index is 0.00000182. The summed E-state index contributed by atoms with van der Waals surface area (Å²) in [6.07, 6.45) is 20.4. The van der Waals surface area contributed by atoms with E-state index in [1.54, 1.807) is 12.9 Å². The molecule has 0 N–H and O–H groups in total. The Morgan fingerprint density at radius 1 is 0.889 bits per heavy atom. The predicted molar refractivity (Wildman–Crippen MR) is 123 cm³/mol. The van der Waals surface area contributed by atoms with Crippen LogP contribution in [0.3, 0.4) is 0 Å². The minimum absolute atomic E-state index is 0. The minimum atomic E-state index is -1.59. The average Bonchev–Trinajstić information content (AvgIpc) is 3.34. The quantitative estimate of drug-likeness (QED) is 0.379. The number of rotatable bonds is 9. The second-order valence-corrected chi connectivity index (χ2v) is 16.8. The molecule has 5 heteroatoms. The van der Waals surface area contributed by atoms with Crippen molar-refractivity contribution in [3.8, 4) is 0 Å². The summed E-state index contributed by atoms with van der Waals surface area (Å²) in [6, 6.07) is 11.2. The molecule has 1 atom stereocenters. The van der Waals surface area contributed by atoms with Gasteiger partial charge < -0.3 is 0 Å². The number of halogens is 2. The molecule has 0 heterocycles. The SMILES string of the molecule is C=CCN(CC=C)[SiH](c1ccccc1)[Ti]([C]1=CC=CC1)[C]1=CC=CC1.Cl.Cl. The molecule has 1 aromatic rings. The topological polar surface area (TPSA) is 3.24 Å². The molecule has 143 valence electrons. The summed E-state index contributed by atoms with van der Waals surface area (Å²) in [5.74, 6) is 0. The third-order valence-electron chi connectivity index (χ3n) is 4.72. The second kappa shape index (κ2) is 12.6. The van der Waals surface area contributed by atoms with E-state index in [-0.39, 0.29) is 24.8 Å². The van der Waals surface area contributed by atoms with E-state index >= 15 is 0 Å². The number of hydrogen-bond donors (Lipinski definition) is 0. The van der Waals surface area contributed by atoms with Crippen molar-refractivity contribution in [3.05, 3.63) is 99.9 Å². The molecule has 27 heavy (non-hydrogen) atoms. The van der Waals surface area contributed by atoms with E-state index in [0.29, 0.717) is 0 Å². The molecule has 0 saturated heterocycles. The molecule has 0 aromatic heterocycles. The van der Waals surface area contributed by atoms with Crippen LogP contribution < -0.4 is 5.19 Å². The normalized spacial score (nSPS) is 15.4. The van der Waals surface area contributed by atoms with Gasteiger partial charge in [0.1, 0.15) is 0 Å². The molecule has 1 nitrogen and oxygen atoms in total. The summed E-state index contributed by atoms with van der Waals surface area (Å²) in [5, 5.41) is 1.57. The van der Waals surface area contributed by atoms with Gasteiger partial charge in [-0.15, -0.1) is 24.8 Å². The van der Waals surface area contributed by atoms with Crippen LogP contribution in [0.1, 0.15) is 12.8 Å². The van der Waals surface area contributed by atoms with Crippen LogP contribution in [-0.2, 0) is 17.1 Å². The monoisotopic (exact) mass is 452 g/mol. The Bertz CT molecular complexity index is 700. The molecule has 0 spiro atoms. The maximum absolute atomic E-state index is 4.02. The van der Waals surface area contributed by atoms with Gasteiger partial charge in [-0.3, -0.25) is 0 Å². The van der Waals surface area contributed by atoms with E-state index < -0.39 is 24.0 Å². The molecule has 1 aromatic carbocycles. The molecule has 0 saturated carbocycles. The minimum Gasteiger partial charge on any atom is -0.147 e. The Kier molecular flexibility index (Phi) is 11.2. The maximum atomic E-state index is 4.02. The van der Waals surface area contributed by atoms with Gasteiger partial charge in [-0.2, -0.15) is 0 Å². The zero-order valence-corrected chi connectivity index (χ0v) is 19.9. The maximum Gasteiger partial charge on any atom is -0.147 e. The van der Waals surface area contributed by atoms with Gasteiger partial charge in [-0.25, -0.2) is 0 Å². The molecule has 0 fully saturated rings. The largest absolute Gasteiger partial charge is 0.147 e. The Labute approximate surface area is 183 Å². The van der Waals surface area contributed by atoms with Crippen molar-refractivity contribution in [3.63, 3.8) is 0 Å². The van der Waals surface area contributed by atoms with Crippen LogP contribution in [0.25, 0.3) is 0 Å². The van der Waals surface area contributed by atoms with Crippen molar-refractivity contribution in [2.45, 2.75) is 12.8 Å². The fraction of sp³-hybridized carbons (Fsp3) is 0.182. The third-order valence-corrected chi connectivity index (χ3v) is 19.6. The van der Waals surface area contributed by atoms with Crippen molar-refractivity contribution in [2.75, 3.05) is 13.1 Å². The molecule has 0 radical (unpaired) electrons. The molecular formula is C22H28Cl2NSiTi. The summed E-state index contributed by atoms with van der Waals surface area (Å²) < 4.78 is 6.16. The van der Waals surface area contributed by atoms with Crippen LogP contribution in [0.15, 0.2) is 99.9 Å². The van der Waals surface area contributed by atoms with E-state index in [1.807, 2.05) is 0 Å². The third kappa shape index (κ3) is 6.05. The summed E-state index contributed by atoms with van der Waals surface area (Å²) in [7, 11) is 0. The molecule has 3 rings (SSSR count). The number of allylic oxidation sites excluding steroid dienone is 8. The van der Waals surface area contributed by atoms with Gasteiger partial charge in [-0.05, 0) is 0 Å². The average molecular weight is 453 g/mol. The first kappa shape index (κ1) is 24.2. The molecule has 0 amide bonds. The van der Waals surface area contributed by atoms with Crippen LogP contribution in [-0.4, -0.2) is 24.5 Å². The summed E-state index contributed by atoms with van der Waals surface area (Å²) in [5.41, 5.74) is 0. The van der Waals surface area contributed by atoms with Crippen molar-refractivity contribution < 1.29 is 17.1 Å². The Morgan fingerprint density at radius 3 is 1.81 bits per heavy atom. The second-order valence-electron chi connectivity index (χ2n) is 6.41. The number of hydrogen-bond acceptors (Lipinski definition) is 1. The van der Waals surface area contributed by atoms with E-state index in [4.69, 9.17) is 0 Å². The predicted octanol–water partition coefficient (Wildman–Crippen LogP) is 4.94. The standard InChI is InChI=1S/C12H16NSi.2C5H5.2ClH.Ti/c1-3-10-13(11-4-2)14-12-8-6-5-7-9-12;2*1-2-4-5-3-1;;;/h3-9,14H,1-2,10-11H2;2*1-3H,4H2;2*1H;. The number of nitrogens with zero attached hydrogens (tertiary/aromatic N) is 1. The van der Waals surface area contributed by atoms with Crippen LogP contribution >= 0.6 is 24.8 Å². The first-order chi connectivity index (χ1) is 12.3. The Hall–Kier alpha value is -0.869. The first-order valence-corrected chi connectivity index (χ1v) is 14.9. The van der Waals surface area contributed by atoms with Crippen LogP contribution in [0.5, 0.6) is 0 Å². The van der Waals surface area contributed by atoms with Gasteiger partial charge in [0, 0.05) is 0 Å². The van der Waals surface area contributed by atoms with Crippen molar-refractivity contribution in [2.24, 2.45) is 0 Å².